The molecule has 4 N–H and O–H groups in total. The summed E-state index contributed by atoms with van der Waals surface area (Å²) in [6, 6.07) is 0.639. The van der Waals surface area contributed by atoms with Gasteiger partial charge in [0.05, 0.1) is 0 Å². The van der Waals surface area contributed by atoms with Gasteiger partial charge in [0.2, 0.25) is 0 Å². The second-order valence-corrected chi connectivity index (χ2v) is 6.45. The van der Waals surface area contributed by atoms with Gasteiger partial charge in [-0.15, -0.1) is 0 Å². The lowest BCUT2D eigenvalue weighted by Gasteiger charge is -2.62. The summed E-state index contributed by atoms with van der Waals surface area (Å²) in [4.78, 5) is 11.7. The van der Waals surface area contributed by atoms with Crippen LogP contribution in [0, 0.1) is 10.8 Å². The zero-order valence-corrected chi connectivity index (χ0v) is 10.6. The second-order valence-electron chi connectivity index (χ2n) is 6.45. The number of nitrogens with one attached hydrogen (secondary N) is 2. The van der Waals surface area contributed by atoms with Crippen LogP contribution in [0.1, 0.15) is 40.5 Å². The van der Waals surface area contributed by atoms with Gasteiger partial charge < -0.3 is 16.4 Å². The van der Waals surface area contributed by atoms with Gasteiger partial charge >= 0.3 is 6.03 Å². The average Bonchev–Trinajstić information content (AvgIpc) is 2.96. The summed E-state index contributed by atoms with van der Waals surface area (Å²) in [5, 5.41) is 6.02. The van der Waals surface area contributed by atoms with Crippen molar-refractivity contribution in [1.82, 2.24) is 10.6 Å². The molecule has 2 aliphatic rings. The average molecular weight is 225 g/mol. The van der Waals surface area contributed by atoms with Crippen LogP contribution in [0.5, 0.6) is 0 Å². The highest BCUT2D eigenvalue weighted by Gasteiger charge is 2.60. The molecule has 2 saturated carbocycles. The van der Waals surface area contributed by atoms with Crippen LogP contribution in [0.15, 0.2) is 0 Å². The molecule has 4 nitrogen and oxygen atoms in total. The Morgan fingerprint density at radius 1 is 1.12 bits per heavy atom. The molecule has 0 heterocycles. The predicted octanol–water partition coefficient (Wildman–Crippen LogP) is 1.21. The van der Waals surface area contributed by atoms with E-state index < -0.39 is 0 Å². The van der Waals surface area contributed by atoms with Crippen molar-refractivity contribution in [3.8, 4) is 0 Å². The number of nitrogens with two attached hydrogens (primary N) is 1. The summed E-state index contributed by atoms with van der Waals surface area (Å²) in [6.07, 6.45) is 2.23. The first kappa shape index (κ1) is 11.7. The highest BCUT2D eigenvalue weighted by Crippen LogP contribution is 2.52. The Morgan fingerprint density at radius 2 is 1.62 bits per heavy atom. The highest BCUT2D eigenvalue weighted by molar-refractivity contribution is 5.75. The Morgan fingerprint density at radius 3 is 2.06 bits per heavy atom. The van der Waals surface area contributed by atoms with Crippen molar-refractivity contribution >= 4 is 6.03 Å². The Bertz CT molecular complexity index is 291. The Labute approximate surface area is 97.3 Å². The van der Waals surface area contributed by atoms with Crippen molar-refractivity contribution in [3.63, 3.8) is 0 Å². The van der Waals surface area contributed by atoms with E-state index in [0.717, 1.165) is 12.8 Å². The number of carbonyl (C=O) groups is 1. The molecule has 0 radical (unpaired) electrons. The summed E-state index contributed by atoms with van der Waals surface area (Å²) in [7, 11) is 0. The largest absolute Gasteiger partial charge is 0.335 e. The van der Waals surface area contributed by atoms with Crippen molar-refractivity contribution in [2.75, 3.05) is 0 Å². The van der Waals surface area contributed by atoms with Crippen LogP contribution in [0.3, 0.4) is 0 Å². The number of rotatable bonds is 2. The molecule has 2 amide bonds. The molecule has 16 heavy (non-hydrogen) atoms. The van der Waals surface area contributed by atoms with Gasteiger partial charge in [0.15, 0.2) is 0 Å². The second kappa shape index (κ2) is 3.36. The molecule has 0 aromatic rings. The van der Waals surface area contributed by atoms with Crippen molar-refractivity contribution < 1.29 is 4.79 Å². The molecule has 92 valence electrons. The fraction of sp³-hybridized carbons (Fsp3) is 0.917. The van der Waals surface area contributed by atoms with Crippen molar-refractivity contribution in [1.29, 1.82) is 0 Å². The lowest BCUT2D eigenvalue weighted by molar-refractivity contribution is -0.0645. The number of amides is 2. The highest BCUT2D eigenvalue weighted by atomic mass is 16.2. The predicted molar refractivity (Wildman–Crippen MR) is 64.0 cm³/mol. The fourth-order valence-corrected chi connectivity index (χ4v) is 3.14. The standard InChI is InChI=1S/C12H23N3O/c1-11(2)8(13)12(3,4)9(11)15-10(16)14-7-5-6-7/h7-9H,5-6,13H2,1-4H3,(H2,14,15,16). The van der Waals surface area contributed by atoms with Gasteiger partial charge in [-0.25, -0.2) is 4.79 Å². The minimum Gasteiger partial charge on any atom is -0.335 e. The number of hydrogen-bond donors (Lipinski definition) is 3. The smallest absolute Gasteiger partial charge is 0.315 e. The van der Waals surface area contributed by atoms with Crippen LogP contribution in [-0.2, 0) is 0 Å². The van der Waals surface area contributed by atoms with Crippen LogP contribution in [0.4, 0.5) is 4.79 Å². The molecule has 0 aromatic carbocycles. The molecule has 0 bridgehead atoms. The maximum absolute atomic E-state index is 11.7. The Balaban J connectivity index is 1.95. The third-order valence-electron chi connectivity index (χ3n) is 4.28. The first-order valence-corrected chi connectivity index (χ1v) is 6.09. The van der Waals surface area contributed by atoms with Crippen LogP contribution in [0.2, 0.25) is 0 Å². The molecule has 0 unspecified atom stereocenters. The quantitative estimate of drug-likeness (QED) is 0.661. The molecule has 2 rings (SSSR count). The van der Waals surface area contributed by atoms with Gasteiger partial charge in [0.25, 0.3) is 0 Å². The monoisotopic (exact) mass is 225 g/mol. The zero-order chi connectivity index (χ0) is 12.1. The number of hydrogen-bond acceptors (Lipinski definition) is 2. The van der Waals surface area contributed by atoms with Crippen molar-refractivity contribution in [2.24, 2.45) is 16.6 Å². The van der Waals surface area contributed by atoms with E-state index in [0.29, 0.717) is 6.04 Å². The molecule has 4 heteroatoms. The van der Waals surface area contributed by atoms with Gasteiger partial charge in [-0.3, -0.25) is 0 Å². The van der Waals surface area contributed by atoms with E-state index in [2.05, 4.69) is 38.3 Å². The molecule has 0 atom stereocenters. The topological polar surface area (TPSA) is 67.1 Å². The van der Waals surface area contributed by atoms with Crippen LogP contribution in [0.25, 0.3) is 0 Å². The third-order valence-corrected chi connectivity index (χ3v) is 4.28. The molecule has 0 aromatic heterocycles. The minimum atomic E-state index is -0.0412. The lowest BCUT2D eigenvalue weighted by atomic mass is 9.48. The molecule has 2 aliphatic carbocycles. The van der Waals surface area contributed by atoms with E-state index in [1.54, 1.807) is 0 Å². The number of urea groups is 1. The van der Waals surface area contributed by atoms with Crippen molar-refractivity contribution in [3.05, 3.63) is 0 Å². The van der Waals surface area contributed by atoms with E-state index in [4.69, 9.17) is 5.73 Å². The number of carbonyl (C=O) groups excluding carboxylic acids is 1. The van der Waals surface area contributed by atoms with E-state index in [9.17, 15) is 4.79 Å². The molecule has 0 aliphatic heterocycles. The molecule has 2 fully saturated rings. The van der Waals surface area contributed by atoms with Crippen molar-refractivity contribution in [2.45, 2.75) is 58.7 Å². The van der Waals surface area contributed by atoms with Gasteiger partial charge in [-0.05, 0) is 12.8 Å². The lowest BCUT2D eigenvalue weighted by Crippen LogP contribution is -2.76. The Hall–Kier alpha value is -0.770. The summed E-state index contributed by atoms with van der Waals surface area (Å²) < 4.78 is 0. The maximum Gasteiger partial charge on any atom is 0.315 e. The first-order valence-electron chi connectivity index (χ1n) is 6.09. The summed E-state index contributed by atoms with van der Waals surface area (Å²) in [6.45, 7) is 8.46. The van der Waals surface area contributed by atoms with Crippen LogP contribution < -0.4 is 16.4 Å². The van der Waals surface area contributed by atoms with Gasteiger partial charge in [0.1, 0.15) is 0 Å². The zero-order valence-electron chi connectivity index (χ0n) is 10.6. The van der Waals surface area contributed by atoms with E-state index in [1.807, 2.05) is 0 Å². The molecule has 0 spiro atoms. The van der Waals surface area contributed by atoms with Crippen LogP contribution >= 0.6 is 0 Å². The summed E-state index contributed by atoms with van der Waals surface area (Å²) >= 11 is 0. The van der Waals surface area contributed by atoms with E-state index >= 15 is 0 Å². The minimum absolute atomic E-state index is 0.0234. The van der Waals surface area contributed by atoms with Gasteiger partial charge in [0, 0.05) is 29.0 Å². The SMILES string of the molecule is CC1(C)C(N)C(C)(C)C1NC(=O)NC1CC1. The van der Waals surface area contributed by atoms with Crippen LogP contribution in [-0.4, -0.2) is 24.2 Å². The third kappa shape index (κ3) is 1.69. The Kier molecular flexibility index (Phi) is 2.46. The first-order chi connectivity index (χ1) is 7.26. The van der Waals surface area contributed by atoms with E-state index in [-0.39, 0.29) is 28.9 Å². The van der Waals surface area contributed by atoms with Gasteiger partial charge in [-0.2, -0.15) is 0 Å². The van der Waals surface area contributed by atoms with E-state index in [1.165, 1.54) is 0 Å². The summed E-state index contributed by atoms with van der Waals surface area (Å²) in [5.74, 6) is 0. The normalized spacial score (nSPS) is 35.1. The maximum atomic E-state index is 11.7. The fourth-order valence-electron chi connectivity index (χ4n) is 3.14. The summed E-state index contributed by atoms with van der Waals surface area (Å²) in [5.41, 5.74) is 6.10. The van der Waals surface area contributed by atoms with Gasteiger partial charge in [-0.1, -0.05) is 27.7 Å². The molecular formula is C12H23N3O. The molecular weight excluding hydrogens is 202 g/mol. The molecule has 0 saturated heterocycles.